The Bertz CT molecular complexity index is 522. The SMILES string of the molecule is Cc1cc(F)ccc1CNC(C)Cc1ccccc1. The van der Waals surface area contributed by atoms with E-state index in [1.54, 1.807) is 6.07 Å². The van der Waals surface area contributed by atoms with Gasteiger partial charge >= 0.3 is 0 Å². The van der Waals surface area contributed by atoms with Crippen molar-refractivity contribution in [1.82, 2.24) is 5.32 Å². The van der Waals surface area contributed by atoms with Gasteiger partial charge in [-0.2, -0.15) is 0 Å². The molecule has 1 N–H and O–H groups in total. The molecule has 0 radical (unpaired) electrons. The summed E-state index contributed by atoms with van der Waals surface area (Å²) in [5, 5.41) is 3.49. The molecule has 2 aromatic carbocycles. The monoisotopic (exact) mass is 257 g/mol. The first kappa shape index (κ1) is 13.8. The fourth-order valence-corrected chi connectivity index (χ4v) is 2.18. The number of benzene rings is 2. The van der Waals surface area contributed by atoms with Gasteiger partial charge < -0.3 is 5.32 Å². The average molecular weight is 257 g/mol. The van der Waals surface area contributed by atoms with E-state index in [4.69, 9.17) is 0 Å². The van der Waals surface area contributed by atoms with Crippen molar-refractivity contribution in [3.8, 4) is 0 Å². The maximum Gasteiger partial charge on any atom is 0.123 e. The van der Waals surface area contributed by atoms with Gasteiger partial charge in [-0.25, -0.2) is 4.39 Å². The summed E-state index contributed by atoms with van der Waals surface area (Å²) in [4.78, 5) is 0. The lowest BCUT2D eigenvalue weighted by Crippen LogP contribution is -2.27. The molecule has 0 saturated heterocycles. The zero-order valence-electron chi connectivity index (χ0n) is 11.5. The molecule has 0 aliphatic rings. The van der Waals surface area contributed by atoms with Crippen LogP contribution in [0.25, 0.3) is 0 Å². The van der Waals surface area contributed by atoms with Gasteiger partial charge in [-0.15, -0.1) is 0 Å². The van der Waals surface area contributed by atoms with Crippen LogP contribution in [-0.4, -0.2) is 6.04 Å². The van der Waals surface area contributed by atoms with Crippen molar-refractivity contribution in [2.75, 3.05) is 0 Å². The Morgan fingerprint density at radius 1 is 1.11 bits per heavy atom. The van der Waals surface area contributed by atoms with Gasteiger partial charge in [0.2, 0.25) is 0 Å². The van der Waals surface area contributed by atoms with E-state index in [1.165, 1.54) is 11.6 Å². The lowest BCUT2D eigenvalue weighted by atomic mass is 10.1. The van der Waals surface area contributed by atoms with Gasteiger partial charge in [0.1, 0.15) is 5.82 Å². The largest absolute Gasteiger partial charge is 0.310 e. The summed E-state index contributed by atoms with van der Waals surface area (Å²) in [5.74, 6) is -0.168. The lowest BCUT2D eigenvalue weighted by molar-refractivity contribution is 0.543. The van der Waals surface area contributed by atoms with Crippen LogP contribution < -0.4 is 5.32 Å². The van der Waals surface area contributed by atoms with Crippen molar-refractivity contribution in [3.63, 3.8) is 0 Å². The molecule has 0 aliphatic carbocycles. The molecule has 0 saturated carbocycles. The molecule has 0 fully saturated rings. The Labute approximate surface area is 114 Å². The highest BCUT2D eigenvalue weighted by atomic mass is 19.1. The number of nitrogens with one attached hydrogen (secondary N) is 1. The van der Waals surface area contributed by atoms with Crippen molar-refractivity contribution >= 4 is 0 Å². The summed E-state index contributed by atoms with van der Waals surface area (Å²) in [5.41, 5.74) is 3.49. The van der Waals surface area contributed by atoms with Crippen LogP contribution in [0.15, 0.2) is 48.5 Å². The second-order valence-corrected chi connectivity index (χ2v) is 5.04. The Morgan fingerprint density at radius 3 is 2.53 bits per heavy atom. The quantitative estimate of drug-likeness (QED) is 0.857. The highest BCUT2D eigenvalue weighted by molar-refractivity contribution is 5.26. The van der Waals surface area contributed by atoms with Gasteiger partial charge in [0.25, 0.3) is 0 Å². The second kappa shape index (κ2) is 6.48. The van der Waals surface area contributed by atoms with Gasteiger partial charge in [0.15, 0.2) is 0 Å². The van der Waals surface area contributed by atoms with Crippen molar-refractivity contribution in [1.29, 1.82) is 0 Å². The highest BCUT2D eigenvalue weighted by Gasteiger charge is 2.05. The fraction of sp³-hybridized carbons (Fsp3) is 0.294. The molecular formula is C17H20FN. The summed E-state index contributed by atoms with van der Waals surface area (Å²) < 4.78 is 13.0. The third-order valence-corrected chi connectivity index (χ3v) is 3.33. The van der Waals surface area contributed by atoms with Crippen LogP contribution in [0.1, 0.15) is 23.6 Å². The number of aryl methyl sites for hydroxylation is 1. The average Bonchev–Trinajstić information content (AvgIpc) is 2.39. The van der Waals surface area contributed by atoms with Crippen molar-refractivity contribution in [3.05, 3.63) is 71.0 Å². The molecule has 1 atom stereocenters. The van der Waals surface area contributed by atoms with Crippen LogP contribution in [0.2, 0.25) is 0 Å². The van der Waals surface area contributed by atoms with E-state index in [1.807, 2.05) is 19.1 Å². The smallest absolute Gasteiger partial charge is 0.123 e. The van der Waals surface area contributed by atoms with Crippen LogP contribution in [-0.2, 0) is 13.0 Å². The molecule has 0 aromatic heterocycles. The fourth-order valence-electron chi connectivity index (χ4n) is 2.18. The molecule has 2 aromatic rings. The van der Waals surface area contributed by atoms with E-state index >= 15 is 0 Å². The maximum atomic E-state index is 13.0. The summed E-state index contributed by atoms with van der Waals surface area (Å²) >= 11 is 0. The van der Waals surface area contributed by atoms with Gasteiger partial charge in [-0.3, -0.25) is 0 Å². The van der Waals surface area contributed by atoms with Crippen LogP contribution in [0.5, 0.6) is 0 Å². The topological polar surface area (TPSA) is 12.0 Å². The summed E-state index contributed by atoms with van der Waals surface area (Å²) in [6.45, 7) is 4.90. The zero-order valence-corrected chi connectivity index (χ0v) is 11.5. The zero-order chi connectivity index (χ0) is 13.7. The van der Waals surface area contributed by atoms with E-state index in [0.29, 0.717) is 6.04 Å². The van der Waals surface area contributed by atoms with Gasteiger partial charge in [0.05, 0.1) is 0 Å². The molecule has 0 aliphatic heterocycles. The van der Waals surface area contributed by atoms with Crippen LogP contribution >= 0.6 is 0 Å². The van der Waals surface area contributed by atoms with Crippen LogP contribution in [0, 0.1) is 12.7 Å². The molecular weight excluding hydrogens is 237 g/mol. The van der Waals surface area contributed by atoms with Gasteiger partial charge in [-0.1, -0.05) is 36.4 Å². The van der Waals surface area contributed by atoms with E-state index in [-0.39, 0.29) is 5.82 Å². The molecule has 100 valence electrons. The van der Waals surface area contributed by atoms with Crippen molar-refractivity contribution in [2.24, 2.45) is 0 Å². The molecule has 1 unspecified atom stereocenters. The van der Waals surface area contributed by atoms with Crippen LogP contribution in [0.3, 0.4) is 0 Å². The first-order valence-electron chi connectivity index (χ1n) is 6.67. The molecule has 0 bridgehead atoms. The Morgan fingerprint density at radius 2 is 1.84 bits per heavy atom. The standard InChI is InChI=1S/C17H20FN/c1-13-10-17(18)9-8-16(13)12-19-14(2)11-15-6-4-3-5-7-15/h3-10,14,19H,11-12H2,1-2H3. The van der Waals surface area contributed by atoms with Gasteiger partial charge in [-0.05, 0) is 49.1 Å². The summed E-state index contributed by atoms with van der Waals surface area (Å²) in [7, 11) is 0. The minimum absolute atomic E-state index is 0.168. The van der Waals surface area contributed by atoms with E-state index in [0.717, 1.165) is 24.1 Å². The lowest BCUT2D eigenvalue weighted by Gasteiger charge is -2.15. The number of halogens is 1. The molecule has 1 nitrogen and oxygen atoms in total. The minimum Gasteiger partial charge on any atom is -0.310 e. The maximum absolute atomic E-state index is 13.0. The first-order chi connectivity index (χ1) is 9.15. The summed E-state index contributed by atoms with van der Waals surface area (Å²) in [6.07, 6.45) is 1.00. The van der Waals surface area contributed by atoms with Crippen molar-refractivity contribution < 1.29 is 4.39 Å². The molecule has 2 heteroatoms. The predicted octanol–water partition coefficient (Wildman–Crippen LogP) is 3.85. The number of hydrogen-bond acceptors (Lipinski definition) is 1. The minimum atomic E-state index is -0.168. The number of rotatable bonds is 5. The Hall–Kier alpha value is -1.67. The predicted molar refractivity (Wildman–Crippen MR) is 77.6 cm³/mol. The van der Waals surface area contributed by atoms with Crippen molar-refractivity contribution in [2.45, 2.75) is 32.9 Å². The third-order valence-electron chi connectivity index (χ3n) is 3.33. The normalized spacial score (nSPS) is 12.4. The Balaban J connectivity index is 1.88. The third kappa shape index (κ3) is 4.18. The van der Waals surface area contributed by atoms with E-state index in [9.17, 15) is 4.39 Å². The molecule has 0 amide bonds. The highest BCUT2D eigenvalue weighted by Crippen LogP contribution is 2.10. The second-order valence-electron chi connectivity index (χ2n) is 5.04. The van der Waals surface area contributed by atoms with Gasteiger partial charge in [0, 0.05) is 12.6 Å². The molecule has 0 heterocycles. The molecule has 0 spiro atoms. The summed E-state index contributed by atoms with van der Waals surface area (Å²) in [6, 6.07) is 15.8. The number of hydrogen-bond donors (Lipinski definition) is 1. The molecule has 2 rings (SSSR count). The Kier molecular flexibility index (Phi) is 4.69. The van der Waals surface area contributed by atoms with E-state index < -0.39 is 0 Å². The molecule has 19 heavy (non-hydrogen) atoms. The van der Waals surface area contributed by atoms with Crippen LogP contribution in [0.4, 0.5) is 4.39 Å². The first-order valence-corrected chi connectivity index (χ1v) is 6.67. The van der Waals surface area contributed by atoms with E-state index in [2.05, 4.69) is 36.5 Å².